The summed E-state index contributed by atoms with van der Waals surface area (Å²) in [7, 11) is 0. The first kappa shape index (κ1) is 52.6. The first-order valence-electron chi connectivity index (χ1n) is 20.5. The van der Waals surface area contributed by atoms with Crippen LogP contribution >= 0.6 is 24.8 Å². The topological polar surface area (TPSA) is 187 Å². The number of carboxylic acids is 1. The standard InChI is InChI=1S/C20H39N5.C17H35N5.C2H4O2.2ClH/c1-4-5-6-7-8-12-15-21-18-23-19(25-20(2,3)24-18)22-16-17-13-10-9-11-14-17;1-2-3-4-5-6-10-13-20-16(18)22-17(19)21-14-15-11-8-7-9-12-15;1-2(3)4;;/h17H,4-16H2,1-3H3,(H3,21,22,23,24,25);15H,2-14H2,1H3,(H5,18,19,20,21,22);1H3,(H,3,4);2*1H. The van der Waals surface area contributed by atoms with Gasteiger partial charge < -0.3 is 27.2 Å². The summed E-state index contributed by atoms with van der Waals surface area (Å²) in [4.78, 5) is 27.2. The van der Waals surface area contributed by atoms with Crippen molar-refractivity contribution in [2.24, 2.45) is 43.3 Å². The molecule has 0 aromatic carbocycles. The van der Waals surface area contributed by atoms with E-state index in [1.54, 1.807) is 0 Å². The maximum Gasteiger partial charge on any atom is 0.300 e. The lowest BCUT2D eigenvalue weighted by molar-refractivity contribution is -0.134. The van der Waals surface area contributed by atoms with E-state index in [0.717, 1.165) is 57.4 Å². The number of nitrogens with two attached hydrogens (primary N) is 2. The Kier molecular flexibility index (Phi) is 33.8. The van der Waals surface area contributed by atoms with E-state index in [1.807, 2.05) is 0 Å². The number of nitrogens with one attached hydrogen (secondary N) is 4. The van der Waals surface area contributed by atoms with Gasteiger partial charge in [-0.2, -0.15) is 0 Å². The van der Waals surface area contributed by atoms with Crippen LogP contribution in [-0.2, 0) is 4.79 Å². The minimum absolute atomic E-state index is 0. The monoisotopic (exact) mass is 791 g/mol. The van der Waals surface area contributed by atoms with E-state index in [2.05, 4.69) is 58.9 Å². The summed E-state index contributed by atoms with van der Waals surface area (Å²) in [6, 6.07) is 0. The van der Waals surface area contributed by atoms with Gasteiger partial charge in [-0.15, -0.1) is 24.8 Å². The molecule has 3 aliphatic rings. The summed E-state index contributed by atoms with van der Waals surface area (Å²) in [5, 5.41) is 20.5. The zero-order valence-electron chi connectivity index (χ0n) is 34.2. The van der Waals surface area contributed by atoms with E-state index < -0.39 is 5.97 Å². The summed E-state index contributed by atoms with van der Waals surface area (Å²) < 4.78 is 0. The Morgan fingerprint density at radius 2 is 1.09 bits per heavy atom. The van der Waals surface area contributed by atoms with Gasteiger partial charge in [0.15, 0.2) is 23.8 Å². The predicted octanol–water partition coefficient (Wildman–Crippen LogP) is 8.24. The van der Waals surface area contributed by atoms with Crippen molar-refractivity contribution in [3.63, 3.8) is 0 Å². The SMILES string of the molecule is CC(=O)O.CCCCCCCCN=C(N)NC(N)=NCC1CCCCC1.CCCCCCCCN=C1NC(=NCC2CCCCC2)NC(C)(C)N1.Cl.Cl. The molecule has 53 heavy (non-hydrogen) atoms. The number of aliphatic imine (C=N–C) groups is 4. The van der Waals surface area contributed by atoms with Gasteiger partial charge in [0, 0.05) is 33.1 Å². The Bertz CT molecular complexity index is 1020. The van der Waals surface area contributed by atoms with Gasteiger partial charge in [-0.25, -0.2) is 0 Å². The number of carbonyl (C=O) groups is 1. The van der Waals surface area contributed by atoms with E-state index in [9.17, 15) is 0 Å². The number of halogens is 2. The second-order valence-corrected chi connectivity index (χ2v) is 15.1. The number of unbranched alkanes of at least 4 members (excludes halogenated alkanes) is 10. The van der Waals surface area contributed by atoms with Crippen LogP contribution in [0.1, 0.15) is 176 Å². The maximum atomic E-state index is 9.00. The number of aliphatic carboxylic acids is 1. The largest absolute Gasteiger partial charge is 0.481 e. The van der Waals surface area contributed by atoms with Crippen LogP contribution in [0.25, 0.3) is 0 Å². The third-order valence-corrected chi connectivity index (χ3v) is 9.41. The molecule has 0 aromatic rings. The Labute approximate surface area is 335 Å². The second kappa shape index (κ2) is 34.1. The van der Waals surface area contributed by atoms with Gasteiger partial charge in [0.05, 0.1) is 0 Å². The molecule has 0 atom stereocenters. The van der Waals surface area contributed by atoms with Gasteiger partial charge in [-0.05, 0) is 64.2 Å². The molecule has 0 amide bonds. The molecule has 1 aliphatic heterocycles. The molecule has 1 heterocycles. The first-order valence-corrected chi connectivity index (χ1v) is 20.5. The molecule has 0 spiro atoms. The quantitative estimate of drug-likeness (QED) is 0.0411. The predicted molar refractivity (Wildman–Crippen MR) is 232 cm³/mol. The summed E-state index contributed by atoms with van der Waals surface area (Å²) in [6.07, 6.45) is 28.7. The first-order chi connectivity index (χ1) is 24.5. The molecule has 2 aliphatic carbocycles. The van der Waals surface area contributed by atoms with Crippen LogP contribution < -0.4 is 32.7 Å². The fourth-order valence-electron chi connectivity index (χ4n) is 6.53. The highest BCUT2D eigenvalue weighted by Crippen LogP contribution is 2.24. The second-order valence-electron chi connectivity index (χ2n) is 15.1. The summed E-state index contributed by atoms with van der Waals surface area (Å²) in [5.74, 6) is 3.13. The van der Waals surface area contributed by atoms with Gasteiger partial charge in [-0.1, -0.05) is 117 Å². The molecular formula is C39H80Cl2N10O2. The molecule has 14 heteroatoms. The van der Waals surface area contributed by atoms with E-state index in [1.165, 1.54) is 135 Å². The Hall–Kier alpha value is -2.47. The minimum atomic E-state index is -0.833. The van der Waals surface area contributed by atoms with E-state index in [0.29, 0.717) is 17.8 Å². The average Bonchev–Trinajstić information content (AvgIpc) is 3.09. The van der Waals surface area contributed by atoms with Crippen molar-refractivity contribution in [2.75, 3.05) is 26.2 Å². The molecular weight excluding hydrogens is 711 g/mol. The van der Waals surface area contributed by atoms with Crippen molar-refractivity contribution >= 4 is 54.6 Å². The molecule has 3 rings (SSSR count). The van der Waals surface area contributed by atoms with Gasteiger partial charge >= 0.3 is 0 Å². The Balaban J connectivity index is 0. The zero-order chi connectivity index (χ0) is 37.6. The van der Waals surface area contributed by atoms with Crippen molar-refractivity contribution in [1.82, 2.24) is 21.3 Å². The van der Waals surface area contributed by atoms with Crippen molar-refractivity contribution in [2.45, 2.75) is 182 Å². The number of hydrogen-bond donors (Lipinski definition) is 7. The van der Waals surface area contributed by atoms with Gasteiger partial charge in [0.2, 0.25) is 0 Å². The van der Waals surface area contributed by atoms with E-state index in [-0.39, 0.29) is 30.5 Å². The van der Waals surface area contributed by atoms with Crippen LogP contribution in [0.2, 0.25) is 0 Å². The van der Waals surface area contributed by atoms with Crippen LogP contribution in [0.5, 0.6) is 0 Å². The summed E-state index contributed by atoms with van der Waals surface area (Å²) in [6.45, 7) is 13.2. The van der Waals surface area contributed by atoms with Crippen LogP contribution in [0.4, 0.5) is 0 Å². The number of rotatable bonds is 18. The summed E-state index contributed by atoms with van der Waals surface area (Å²) >= 11 is 0. The van der Waals surface area contributed by atoms with Crippen LogP contribution in [0.3, 0.4) is 0 Å². The molecule has 0 unspecified atom stereocenters. The minimum Gasteiger partial charge on any atom is -0.481 e. The maximum absolute atomic E-state index is 9.00. The fraction of sp³-hybridized carbons (Fsp3) is 0.872. The number of hydrogen-bond acceptors (Lipinski definition) is 5. The lowest BCUT2D eigenvalue weighted by atomic mass is 9.89. The van der Waals surface area contributed by atoms with E-state index in [4.69, 9.17) is 31.4 Å². The zero-order valence-corrected chi connectivity index (χ0v) is 35.8. The number of carboxylic acid groups (broad SMARTS) is 1. The molecule has 0 bridgehead atoms. The Morgan fingerprint density at radius 3 is 1.60 bits per heavy atom. The molecule has 1 saturated heterocycles. The van der Waals surface area contributed by atoms with Crippen LogP contribution in [-0.4, -0.2) is 66.8 Å². The molecule has 2 saturated carbocycles. The molecule has 9 N–H and O–H groups in total. The highest BCUT2D eigenvalue weighted by atomic mass is 35.5. The lowest BCUT2D eigenvalue weighted by Crippen LogP contribution is -2.68. The smallest absolute Gasteiger partial charge is 0.300 e. The van der Waals surface area contributed by atoms with Gasteiger partial charge in [0.25, 0.3) is 5.97 Å². The Morgan fingerprint density at radius 1 is 0.679 bits per heavy atom. The van der Waals surface area contributed by atoms with E-state index >= 15 is 0 Å². The highest BCUT2D eigenvalue weighted by molar-refractivity contribution is 6.01. The number of guanidine groups is 4. The molecule has 0 aromatic heterocycles. The van der Waals surface area contributed by atoms with Gasteiger partial charge in [0.1, 0.15) is 5.66 Å². The third kappa shape index (κ3) is 31.6. The van der Waals surface area contributed by atoms with Crippen molar-refractivity contribution < 1.29 is 9.90 Å². The van der Waals surface area contributed by atoms with Crippen molar-refractivity contribution in [3.05, 3.63) is 0 Å². The molecule has 3 fully saturated rings. The summed E-state index contributed by atoms with van der Waals surface area (Å²) in [5.41, 5.74) is 11.5. The normalized spacial score (nSPS) is 19.1. The third-order valence-electron chi connectivity index (χ3n) is 9.41. The van der Waals surface area contributed by atoms with Crippen LogP contribution in [0.15, 0.2) is 20.0 Å². The highest BCUT2D eigenvalue weighted by Gasteiger charge is 2.26. The average molecular weight is 792 g/mol. The molecule has 0 radical (unpaired) electrons. The fourth-order valence-corrected chi connectivity index (χ4v) is 6.53. The van der Waals surface area contributed by atoms with Crippen molar-refractivity contribution in [1.29, 1.82) is 0 Å². The number of nitrogens with zero attached hydrogens (tertiary/aromatic N) is 4. The molecule has 12 nitrogen and oxygen atoms in total. The van der Waals surface area contributed by atoms with Crippen molar-refractivity contribution in [3.8, 4) is 0 Å². The molecule has 312 valence electrons. The lowest BCUT2D eigenvalue weighted by Gasteiger charge is -2.36. The van der Waals surface area contributed by atoms with Gasteiger partial charge in [-0.3, -0.25) is 35.4 Å². The van der Waals surface area contributed by atoms with Crippen LogP contribution in [0, 0.1) is 11.8 Å².